The third-order valence-electron chi connectivity index (χ3n) is 3.20. The molecule has 5 nitrogen and oxygen atoms in total. The van der Waals surface area contributed by atoms with E-state index in [0.717, 1.165) is 11.3 Å². The summed E-state index contributed by atoms with van der Waals surface area (Å²) >= 11 is 7.31. The second-order valence-electron chi connectivity index (χ2n) is 4.80. The van der Waals surface area contributed by atoms with Crippen molar-refractivity contribution in [3.63, 3.8) is 0 Å². The maximum absolute atomic E-state index is 12.2. The van der Waals surface area contributed by atoms with E-state index in [4.69, 9.17) is 17.3 Å². The van der Waals surface area contributed by atoms with Crippen LogP contribution in [0.15, 0.2) is 29.6 Å². The highest BCUT2D eigenvalue weighted by Gasteiger charge is 2.18. The largest absolute Gasteiger partial charge is 0.374 e. The summed E-state index contributed by atoms with van der Waals surface area (Å²) in [5.74, 6) is -0.827. The zero-order chi connectivity index (χ0) is 16.3. The number of thiophene rings is 1. The van der Waals surface area contributed by atoms with Crippen LogP contribution in [0.2, 0.25) is 5.02 Å². The molecule has 0 spiro atoms. The van der Waals surface area contributed by atoms with E-state index in [1.807, 2.05) is 19.1 Å². The normalized spacial score (nSPS) is 11.8. The predicted octanol–water partition coefficient (Wildman–Crippen LogP) is 3.25. The molecule has 1 aromatic heterocycles. The molecule has 0 aliphatic rings. The molecule has 2 amide bonds. The molecule has 1 atom stereocenters. The molecule has 0 fully saturated rings. The van der Waals surface area contributed by atoms with E-state index in [0.29, 0.717) is 15.6 Å². The van der Waals surface area contributed by atoms with Crippen molar-refractivity contribution < 1.29 is 9.59 Å². The summed E-state index contributed by atoms with van der Waals surface area (Å²) in [5, 5.41) is 8.60. The molecule has 4 N–H and O–H groups in total. The quantitative estimate of drug-likeness (QED) is 0.783. The van der Waals surface area contributed by atoms with E-state index in [-0.39, 0.29) is 5.91 Å². The third-order valence-corrected chi connectivity index (χ3v) is 4.44. The van der Waals surface area contributed by atoms with Crippen molar-refractivity contribution in [3.8, 4) is 0 Å². The van der Waals surface area contributed by atoms with Gasteiger partial charge in [-0.1, -0.05) is 17.7 Å². The fourth-order valence-electron chi connectivity index (χ4n) is 1.88. The third kappa shape index (κ3) is 3.58. The van der Waals surface area contributed by atoms with Crippen LogP contribution in [0, 0.1) is 6.92 Å². The summed E-state index contributed by atoms with van der Waals surface area (Å²) < 4.78 is 0. The maximum Gasteiger partial charge on any atom is 0.251 e. The molecule has 1 heterocycles. The monoisotopic (exact) mass is 337 g/mol. The Balaban J connectivity index is 2.08. The number of benzene rings is 1. The van der Waals surface area contributed by atoms with E-state index in [1.165, 1.54) is 11.3 Å². The number of anilines is 2. The maximum atomic E-state index is 12.2. The molecule has 1 aromatic carbocycles. The van der Waals surface area contributed by atoms with E-state index in [2.05, 4.69) is 10.6 Å². The minimum Gasteiger partial charge on any atom is -0.374 e. The second kappa shape index (κ2) is 6.81. The molecule has 0 radical (unpaired) electrons. The van der Waals surface area contributed by atoms with Gasteiger partial charge in [0.15, 0.2) is 0 Å². The summed E-state index contributed by atoms with van der Waals surface area (Å²) in [7, 11) is 0. The standard InChI is InChI=1S/C15H16ClN3O2S/c1-8-11(16)4-3-5-12(8)18-9(2)14(21)19-15-10(13(17)20)6-7-22-15/h3-7,9,18H,1-2H3,(H2,17,20)(H,19,21). The van der Waals surface area contributed by atoms with Crippen LogP contribution in [0.1, 0.15) is 22.8 Å². The molecule has 0 aliphatic heterocycles. The fraction of sp³-hybridized carbons (Fsp3) is 0.200. The molecule has 7 heteroatoms. The summed E-state index contributed by atoms with van der Waals surface area (Å²) in [6, 6.07) is 6.54. The molecule has 0 saturated carbocycles. The summed E-state index contributed by atoms with van der Waals surface area (Å²) in [4.78, 5) is 23.5. The van der Waals surface area contributed by atoms with Crippen LogP contribution in [0.5, 0.6) is 0 Å². The molecule has 2 rings (SSSR count). The molecule has 1 unspecified atom stereocenters. The molecule has 0 aliphatic carbocycles. The van der Waals surface area contributed by atoms with Gasteiger partial charge in [0.1, 0.15) is 11.0 Å². The summed E-state index contributed by atoms with van der Waals surface area (Å²) in [6.45, 7) is 3.60. The van der Waals surface area contributed by atoms with Crippen molar-refractivity contribution in [1.29, 1.82) is 0 Å². The number of amides is 2. The lowest BCUT2D eigenvalue weighted by molar-refractivity contribution is -0.116. The van der Waals surface area contributed by atoms with Crippen molar-refractivity contribution in [3.05, 3.63) is 45.8 Å². The molecular formula is C15H16ClN3O2S. The summed E-state index contributed by atoms with van der Waals surface area (Å²) in [6.07, 6.45) is 0. The molecule has 22 heavy (non-hydrogen) atoms. The lowest BCUT2D eigenvalue weighted by atomic mass is 10.2. The van der Waals surface area contributed by atoms with Crippen LogP contribution in [-0.2, 0) is 4.79 Å². The molecule has 116 valence electrons. The van der Waals surface area contributed by atoms with E-state index < -0.39 is 11.9 Å². The summed E-state index contributed by atoms with van der Waals surface area (Å²) in [5.41, 5.74) is 7.23. The Morgan fingerprint density at radius 3 is 2.73 bits per heavy atom. The SMILES string of the molecule is Cc1c(Cl)cccc1NC(C)C(=O)Nc1sccc1C(N)=O. The predicted molar refractivity (Wildman–Crippen MR) is 90.7 cm³/mol. The number of carbonyl (C=O) groups is 2. The first kappa shape index (κ1) is 16.3. The number of hydrogen-bond donors (Lipinski definition) is 3. The van der Waals surface area contributed by atoms with E-state index in [1.54, 1.807) is 24.4 Å². The van der Waals surface area contributed by atoms with Crippen LogP contribution in [-0.4, -0.2) is 17.9 Å². The fourth-order valence-corrected chi connectivity index (χ4v) is 2.85. The molecule has 0 saturated heterocycles. The highest BCUT2D eigenvalue weighted by molar-refractivity contribution is 7.14. The minimum absolute atomic E-state index is 0.260. The number of nitrogens with two attached hydrogens (primary N) is 1. The number of primary amides is 1. The number of hydrogen-bond acceptors (Lipinski definition) is 4. The van der Waals surface area contributed by atoms with Gasteiger partial charge in [0.25, 0.3) is 5.91 Å². The van der Waals surface area contributed by atoms with Gasteiger partial charge in [-0.25, -0.2) is 0 Å². The van der Waals surface area contributed by atoms with Crippen LogP contribution in [0.25, 0.3) is 0 Å². The highest BCUT2D eigenvalue weighted by Crippen LogP contribution is 2.25. The lowest BCUT2D eigenvalue weighted by Crippen LogP contribution is -2.32. The highest BCUT2D eigenvalue weighted by atomic mass is 35.5. The van der Waals surface area contributed by atoms with Crippen molar-refractivity contribution in [2.75, 3.05) is 10.6 Å². The van der Waals surface area contributed by atoms with Gasteiger partial charge in [0.05, 0.1) is 5.56 Å². The van der Waals surface area contributed by atoms with Crippen LogP contribution in [0.4, 0.5) is 10.7 Å². The van der Waals surface area contributed by atoms with Crippen molar-refractivity contribution in [2.24, 2.45) is 5.73 Å². The number of carbonyl (C=O) groups excluding carboxylic acids is 2. The van der Waals surface area contributed by atoms with Gasteiger partial charge >= 0.3 is 0 Å². The van der Waals surface area contributed by atoms with E-state index >= 15 is 0 Å². The van der Waals surface area contributed by atoms with Gasteiger partial charge in [-0.3, -0.25) is 9.59 Å². The average Bonchev–Trinajstić information content (AvgIpc) is 2.92. The van der Waals surface area contributed by atoms with Gasteiger partial charge < -0.3 is 16.4 Å². The molecule has 2 aromatic rings. The Kier molecular flexibility index (Phi) is 5.05. The first-order valence-corrected chi connectivity index (χ1v) is 7.85. The Hall–Kier alpha value is -2.05. The lowest BCUT2D eigenvalue weighted by Gasteiger charge is -2.17. The number of halogens is 1. The second-order valence-corrected chi connectivity index (χ2v) is 6.12. The van der Waals surface area contributed by atoms with Gasteiger partial charge in [-0.05, 0) is 43.0 Å². The zero-order valence-corrected chi connectivity index (χ0v) is 13.7. The Morgan fingerprint density at radius 2 is 2.05 bits per heavy atom. The molecular weight excluding hydrogens is 322 g/mol. The van der Waals surface area contributed by atoms with Crippen LogP contribution < -0.4 is 16.4 Å². The van der Waals surface area contributed by atoms with Crippen molar-refractivity contribution in [2.45, 2.75) is 19.9 Å². The molecule has 0 bridgehead atoms. The van der Waals surface area contributed by atoms with Gasteiger partial charge in [-0.2, -0.15) is 0 Å². The Labute approximate surface area is 137 Å². The zero-order valence-electron chi connectivity index (χ0n) is 12.1. The van der Waals surface area contributed by atoms with Crippen LogP contribution >= 0.6 is 22.9 Å². The van der Waals surface area contributed by atoms with Crippen LogP contribution in [0.3, 0.4) is 0 Å². The number of nitrogens with one attached hydrogen (secondary N) is 2. The minimum atomic E-state index is -0.567. The van der Waals surface area contributed by atoms with Gasteiger partial charge in [-0.15, -0.1) is 11.3 Å². The number of rotatable bonds is 5. The van der Waals surface area contributed by atoms with Gasteiger partial charge in [0.2, 0.25) is 5.91 Å². The van der Waals surface area contributed by atoms with Crippen molar-refractivity contribution in [1.82, 2.24) is 0 Å². The topological polar surface area (TPSA) is 84.2 Å². The van der Waals surface area contributed by atoms with E-state index in [9.17, 15) is 9.59 Å². The average molecular weight is 338 g/mol. The Bertz CT molecular complexity index is 715. The first-order chi connectivity index (χ1) is 10.4. The Morgan fingerprint density at radius 1 is 1.32 bits per heavy atom. The van der Waals surface area contributed by atoms with Gasteiger partial charge in [0, 0.05) is 10.7 Å². The first-order valence-electron chi connectivity index (χ1n) is 6.60. The van der Waals surface area contributed by atoms with Crippen molar-refractivity contribution >= 4 is 45.4 Å². The smallest absolute Gasteiger partial charge is 0.251 e.